The average Bonchev–Trinajstić information content (AvgIpc) is 2.46. The second-order valence-corrected chi connectivity index (χ2v) is 22.9. The van der Waals surface area contributed by atoms with E-state index in [0.29, 0.717) is 6.61 Å². The third-order valence-electron chi connectivity index (χ3n) is 2.61. The van der Waals surface area contributed by atoms with Crippen LogP contribution in [0.4, 0.5) is 0 Å². The zero-order valence-electron chi connectivity index (χ0n) is 19.0. The summed E-state index contributed by atoms with van der Waals surface area (Å²) in [5.74, 6) is -0.444. The largest absolute Gasteiger partial charge is 0.465 e. The Morgan fingerprint density at radius 1 is 1.04 bits per heavy atom. The van der Waals surface area contributed by atoms with Gasteiger partial charge in [0.05, 0.1) is 6.61 Å². The van der Waals surface area contributed by atoms with Gasteiger partial charge in [0.15, 0.2) is 0 Å². The highest BCUT2D eigenvalue weighted by molar-refractivity contribution is 9.10. The molecular weight excluding hydrogens is 544 g/mol. The van der Waals surface area contributed by atoms with Gasteiger partial charge in [-0.05, 0) is 34.1 Å². The molecule has 0 aliphatic rings. The highest BCUT2D eigenvalue weighted by Crippen LogP contribution is 2.18. The quantitative estimate of drug-likeness (QED) is 0.0816. The van der Waals surface area contributed by atoms with E-state index in [4.69, 9.17) is 20.6 Å². The van der Waals surface area contributed by atoms with Crippen LogP contribution in [0.1, 0.15) is 34.1 Å². The molecule has 0 amide bonds. The van der Waals surface area contributed by atoms with E-state index in [1.807, 2.05) is 0 Å². The van der Waals surface area contributed by atoms with Crippen molar-refractivity contribution in [3.05, 3.63) is 12.7 Å². The van der Waals surface area contributed by atoms with Gasteiger partial charge in [-0.1, -0.05) is 83.3 Å². The molecule has 0 aromatic heterocycles. The van der Waals surface area contributed by atoms with Crippen LogP contribution in [0.15, 0.2) is 12.7 Å². The molecule has 0 heterocycles. The van der Waals surface area contributed by atoms with Crippen molar-refractivity contribution in [2.45, 2.75) is 81.5 Å². The summed E-state index contributed by atoms with van der Waals surface area (Å²) >= 11 is 11.8. The minimum atomic E-state index is -0.978. The van der Waals surface area contributed by atoms with Crippen LogP contribution in [0.5, 0.6) is 0 Å². The Hall–Kier alpha value is 0.364. The molecule has 0 radical (unpaired) electrons. The van der Waals surface area contributed by atoms with Crippen LogP contribution in [0.3, 0.4) is 0 Å². The van der Waals surface area contributed by atoms with Crippen molar-refractivity contribution < 1.29 is 19.1 Å². The van der Waals surface area contributed by atoms with Crippen LogP contribution >= 0.6 is 42.9 Å². The Balaban J connectivity index is -0.000000388. The minimum absolute atomic E-state index is 0.173. The fourth-order valence-electron chi connectivity index (χ4n) is 1.25. The summed E-state index contributed by atoms with van der Waals surface area (Å²) in [7, 11) is -1.64. The van der Waals surface area contributed by atoms with Crippen molar-refractivity contribution in [2.75, 3.05) is 13.2 Å². The number of ether oxygens (including phenoxy) is 2. The van der Waals surface area contributed by atoms with Crippen LogP contribution in [0.2, 0.25) is 38.8 Å². The van der Waals surface area contributed by atoms with Crippen LogP contribution in [-0.4, -0.2) is 50.0 Å². The van der Waals surface area contributed by atoms with Gasteiger partial charge in [-0.15, -0.1) is 0 Å². The van der Waals surface area contributed by atoms with E-state index < -0.39 is 24.8 Å². The summed E-state index contributed by atoms with van der Waals surface area (Å²) < 4.78 is 8.75. The molecule has 0 saturated heterocycles. The molecule has 0 fully saturated rings. The number of hydrogen-bond acceptors (Lipinski definition) is 4. The molecule has 0 aromatic carbocycles. The molecule has 0 rings (SSSR count). The Morgan fingerprint density at radius 2 is 1.39 bits per heavy atom. The standard InChI is InChI=1S/C10H21BrO2Si.C7H11BrO2.C2H7ClSi/c1-10(2,11)9(12)13-7-6-8-14(3,4)5;1-4-5-10-6(9)7(2,3)8;1-4(2)3/h6-8H2,1-5H3;4H,1,5H2,2-3H3;4H,1-2H3. The van der Waals surface area contributed by atoms with Crippen molar-refractivity contribution in [3.63, 3.8) is 0 Å². The molecule has 0 atom stereocenters. The maximum atomic E-state index is 11.3. The van der Waals surface area contributed by atoms with Crippen molar-refractivity contribution in [2.24, 2.45) is 0 Å². The van der Waals surface area contributed by atoms with Crippen LogP contribution in [0, 0.1) is 0 Å². The number of rotatable bonds is 8. The summed E-state index contributed by atoms with van der Waals surface area (Å²) in [5, 5.41) is 0. The highest BCUT2D eigenvalue weighted by atomic mass is 79.9. The van der Waals surface area contributed by atoms with Crippen molar-refractivity contribution in [1.29, 1.82) is 0 Å². The van der Waals surface area contributed by atoms with Gasteiger partial charge in [-0.25, -0.2) is 0 Å². The smallest absolute Gasteiger partial charge is 0.322 e. The number of alkyl halides is 2. The molecule has 0 spiro atoms. The van der Waals surface area contributed by atoms with Crippen LogP contribution < -0.4 is 0 Å². The third kappa shape index (κ3) is 28.6. The monoisotopic (exact) mass is 580 g/mol. The van der Waals surface area contributed by atoms with Crippen molar-refractivity contribution >= 4 is 71.1 Å². The first-order valence-electron chi connectivity index (χ1n) is 9.31. The van der Waals surface area contributed by atoms with Gasteiger partial charge < -0.3 is 9.47 Å². The molecule has 0 unspecified atom stereocenters. The molecule has 168 valence electrons. The maximum absolute atomic E-state index is 11.3. The molecule has 0 aromatic rings. The van der Waals surface area contributed by atoms with E-state index in [9.17, 15) is 9.59 Å². The van der Waals surface area contributed by atoms with Crippen molar-refractivity contribution in [1.82, 2.24) is 0 Å². The van der Waals surface area contributed by atoms with Crippen LogP contribution in [-0.2, 0) is 19.1 Å². The average molecular weight is 583 g/mol. The normalized spacial score (nSPS) is 11.5. The minimum Gasteiger partial charge on any atom is -0.465 e. The topological polar surface area (TPSA) is 52.6 Å². The predicted octanol–water partition coefficient (Wildman–Crippen LogP) is 6.53. The second-order valence-electron chi connectivity index (χ2n) is 8.65. The van der Waals surface area contributed by atoms with E-state index >= 15 is 0 Å². The summed E-state index contributed by atoms with van der Waals surface area (Å²) in [4.78, 5) is 22.2. The van der Waals surface area contributed by atoms with E-state index in [1.54, 1.807) is 27.7 Å². The van der Waals surface area contributed by atoms with Gasteiger partial charge >= 0.3 is 11.9 Å². The van der Waals surface area contributed by atoms with Gasteiger partial charge in [-0.3, -0.25) is 9.59 Å². The Labute approximate surface area is 196 Å². The fraction of sp³-hybridized carbons (Fsp3) is 0.789. The van der Waals surface area contributed by atoms with E-state index in [1.165, 1.54) is 12.1 Å². The SMILES string of the molecule is C=CCOC(=O)C(C)(C)Br.CC(C)(Br)C(=O)OCCC[Si](C)(C)C.C[SiH](C)Cl. The summed E-state index contributed by atoms with van der Waals surface area (Å²) in [6, 6.07) is 1.21. The molecule has 0 saturated carbocycles. The van der Waals surface area contributed by atoms with Gasteiger partial charge in [0.2, 0.25) is 0 Å². The number of carbonyl (C=O) groups is 2. The third-order valence-corrected chi connectivity index (χ3v) is 5.11. The molecular formula is C19H39Br2ClO4Si2. The fourth-order valence-corrected chi connectivity index (χ4v) is 2.68. The van der Waals surface area contributed by atoms with E-state index in [0.717, 1.165) is 6.42 Å². The number of hydrogen-bond donors (Lipinski definition) is 0. The molecule has 0 N–H and O–H groups in total. The van der Waals surface area contributed by atoms with Crippen LogP contribution in [0.25, 0.3) is 0 Å². The Bertz CT molecular complexity index is 452. The van der Waals surface area contributed by atoms with Gasteiger partial charge in [0.25, 0.3) is 0 Å². The molecule has 0 bridgehead atoms. The molecule has 4 nitrogen and oxygen atoms in total. The summed E-state index contributed by atoms with van der Waals surface area (Å²) in [6.45, 7) is 22.4. The Kier molecular flexibility index (Phi) is 19.0. The van der Waals surface area contributed by atoms with Gasteiger partial charge in [0.1, 0.15) is 23.4 Å². The number of esters is 2. The maximum Gasteiger partial charge on any atom is 0.322 e. The summed E-state index contributed by atoms with van der Waals surface area (Å²) in [5.41, 5.74) is 0. The molecule has 9 heteroatoms. The molecule has 0 aliphatic carbocycles. The zero-order valence-corrected chi connectivity index (χ0v) is 25.0. The summed E-state index contributed by atoms with van der Waals surface area (Å²) in [6.07, 6.45) is 2.53. The number of carbonyl (C=O) groups excluding carboxylic acids is 2. The number of halogens is 3. The van der Waals surface area contributed by atoms with E-state index in [2.05, 4.69) is 71.2 Å². The first-order chi connectivity index (χ1) is 12.3. The lowest BCUT2D eigenvalue weighted by Crippen LogP contribution is -2.27. The van der Waals surface area contributed by atoms with Crippen molar-refractivity contribution in [3.8, 4) is 0 Å². The first kappa shape index (κ1) is 33.0. The molecule has 28 heavy (non-hydrogen) atoms. The first-order valence-corrected chi connectivity index (χ1v) is 18.7. The lowest BCUT2D eigenvalue weighted by molar-refractivity contribution is -0.145. The molecule has 0 aliphatic heterocycles. The second kappa shape index (κ2) is 16.1. The van der Waals surface area contributed by atoms with Gasteiger partial charge in [-0.2, -0.15) is 11.1 Å². The predicted molar refractivity (Wildman–Crippen MR) is 136 cm³/mol. The zero-order chi connectivity index (χ0) is 23.2. The lowest BCUT2D eigenvalue weighted by atomic mass is 10.2. The van der Waals surface area contributed by atoms with Gasteiger partial charge in [0, 0.05) is 8.07 Å². The Morgan fingerprint density at radius 3 is 1.68 bits per heavy atom. The lowest BCUT2D eigenvalue weighted by Gasteiger charge is -2.17. The highest BCUT2D eigenvalue weighted by Gasteiger charge is 2.25. The van der Waals surface area contributed by atoms with E-state index in [-0.39, 0.29) is 18.5 Å².